The Balaban J connectivity index is 1.45. The Bertz CT molecular complexity index is 1120. The van der Waals surface area contributed by atoms with Crippen LogP contribution in [0.2, 0.25) is 0 Å². The fraction of sp³-hybridized carbons (Fsp3) is 0. The van der Waals surface area contributed by atoms with Gasteiger partial charge in [0.2, 0.25) is 0 Å². The Morgan fingerprint density at radius 2 is 1.59 bits per heavy atom. The molecule has 0 unspecified atom stereocenters. The van der Waals surface area contributed by atoms with Crippen LogP contribution in [0.4, 0.5) is 15.8 Å². The van der Waals surface area contributed by atoms with E-state index in [4.69, 9.17) is 4.42 Å². The zero-order chi connectivity index (χ0) is 18.8. The van der Waals surface area contributed by atoms with Crippen LogP contribution in [-0.4, -0.2) is 16.8 Å². The third-order valence-electron chi connectivity index (χ3n) is 4.00. The number of carbonyl (C=O) groups is 2. The Kier molecular flexibility index (Phi) is 4.18. The van der Waals surface area contributed by atoms with Gasteiger partial charge in [-0.05, 0) is 54.6 Å². The second kappa shape index (κ2) is 6.80. The van der Waals surface area contributed by atoms with Crippen molar-refractivity contribution in [2.45, 2.75) is 0 Å². The summed E-state index contributed by atoms with van der Waals surface area (Å²) in [5.41, 5.74) is 1.90. The average Bonchev–Trinajstić information content (AvgIpc) is 3.34. The molecule has 27 heavy (non-hydrogen) atoms. The first kappa shape index (κ1) is 16.6. The maximum atomic E-state index is 13.7. The van der Waals surface area contributed by atoms with Crippen molar-refractivity contribution in [1.29, 1.82) is 0 Å². The molecule has 2 heterocycles. The number of carbonyl (C=O) groups excluding carboxylic acids is 2. The summed E-state index contributed by atoms with van der Waals surface area (Å²) in [5, 5.41) is 5.77. The number of aromatic nitrogens is 1. The summed E-state index contributed by atoms with van der Waals surface area (Å²) in [6.07, 6.45) is 1.42. The number of H-pyrrole nitrogens is 1. The van der Waals surface area contributed by atoms with Crippen molar-refractivity contribution >= 4 is 34.1 Å². The van der Waals surface area contributed by atoms with Crippen molar-refractivity contribution in [3.05, 3.63) is 84.2 Å². The van der Waals surface area contributed by atoms with Crippen LogP contribution in [0.15, 0.2) is 71.3 Å². The number of aromatic amines is 1. The van der Waals surface area contributed by atoms with Gasteiger partial charge in [-0.1, -0.05) is 6.07 Å². The van der Waals surface area contributed by atoms with E-state index in [1.807, 2.05) is 0 Å². The molecule has 3 N–H and O–H groups in total. The fourth-order valence-corrected chi connectivity index (χ4v) is 2.68. The Hall–Kier alpha value is -3.87. The number of benzene rings is 2. The quantitative estimate of drug-likeness (QED) is 0.502. The first-order valence-electron chi connectivity index (χ1n) is 8.14. The third-order valence-corrected chi connectivity index (χ3v) is 4.00. The van der Waals surface area contributed by atoms with E-state index >= 15 is 0 Å². The number of hydrogen-bond acceptors (Lipinski definition) is 3. The minimum atomic E-state index is -0.391. The molecule has 0 aliphatic heterocycles. The molecule has 0 saturated heterocycles. The molecule has 2 aromatic carbocycles. The molecule has 0 saturated carbocycles. The van der Waals surface area contributed by atoms with Crippen molar-refractivity contribution < 1.29 is 18.4 Å². The van der Waals surface area contributed by atoms with Crippen LogP contribution in [0.5, 0.6) is 0 Å². The van der Waals surface area contributed by atoms with Gasteiger partial charge in [-0.25, -0.2) is 4.39 Å². The molecule has 0 radical (unpaired) electrons. The monoisotopic (exact) mass is 363 g/mol. The lowest BCUT2D eigenvalue weighted by molar-refractivity contribution is 0.0994. The topological polar surface area (TPSA) is 87.1 Å². The summed E-state index contributed by atoms with van der Waals surface area (Å²) in [7, 11) is 0. The molecule has 6 nitrogen and oxygen atoms in total. The van der Waals surface area contributed by atoms with E-state index in [1.54, 1.807) is 48.5 Å². The van der Waals surface area contributed by atoms with E-state index in [0.29, 0.717) is 22.3 Å². The fourth-order valence-electron chi connectivity index (χ4n) is 2.68. The molecule has 4 aromatic rings. The highest BCUT2D eigenvalue weighted by Crippen LogP contribution is 2.20. The second-order valence-corrected chi connectivity index (χ2v) is 5.85. The van der Waals surface area contributed by atoms with Gasteiger partial charge in [0.1, 0.15) is 11.5 Å². The summed E-state index contributed by atoms with van der Waals surface area (Å²) in [5.74, 6) is -0.937. The van der Waals surface area contributed by atoms with Crippen LogP contribution in [0.1, 0.15) is 21.0 Å². The third kappa shape index (κ3) is 3.43. The van der Waals surface area contributed by atoms with Crippen molar-refractivity contribution in [3.63, 3.8) is 0 Å². The van der Waals surface area contributed by atoms with Crippen LogP contribution in [-0.2, 0) is 0 Å². The lowest BCUT2D eigenvalue weighted by Gasteiger charge is -2.06. The second-order valence-electron chi connectivity index (χ2n) is 5.85. The summed E-state index contributed by atoms with van der Waals surface area (Å²) in [6.45, 7) is 0. The van der Waals surface area contributed by atoms with Crippen LogP contribution in [0, 0.1) is 5.82 Å². The Morgan fingerprint density at radius 1 is 0.889 bits per heavy atom. The number of hydrogen-bond donors (Lipinski definition) is 3. The van der Waals surface area contributed by atoms with Crippen molar-refractivity contribution in [3.8, 4) is 0 Å². The minimum Gasteiger partial charge on any atom is -0.459 e. The van der Waals surface area contributed by atoms with E-state index in [2.05, 4.69) is 15.6 Å². The first-order chi connectivity index (χ1) is 13.1. The highest BCUT2D eigenvalue weighted by molar-refractivity contribution is 6.06. The van der Waals surface area contributed by atoms with Crippen LogP contribution < -0.4 is 10.6 Å². The molecule has 2 amide bonds. The van der Waals surface area contributed by atoms with Crippen molar-refractivity contribution in [1.82, 2.24) is 4.98 Å². The van der Waals surface area contributed by atoms with Gasteiger partial charge >= 0.3 is 0 Å². The molecule has 0 atom stereocenters. The zero-order valence-electron chi connectivity index (χ0n) is 14.0. The van der Waals surface area contributed by atoms with Crippen molar-refractivity contribution in [2.75, 3.05) is 10.6 Å². The molecule has 0 bridgehead atoms. The lowest BCUT2D eigenvalue weighted by atomic mass is 10.2. The van der Waals surface area contributed by atoms with Gasteiger partial charge in [0.25, 0.3) is 11.8 Å². The predicted molar refractivity (Wildman–Crippen MR) is 99.3 cm³/mol. The van der Waals surface area contributed by atoms with Gasteiger partial charge < -0.3 is 20.0 Å². The normalized spacial score (nSPS) is 10.7. The highest BCUT2D eigenvalue weighted by Gasteiger charge is 2.12. The molecular weight excluding hydrogens is 349 g/mol. The first-order valence-corrected chi connectivity index (χ1v) is 8.14. The summed E-state index contributed by atoms with van der Waals surface area (Å²) < 4.78 is 18.8. The van der Waals surface area contributed by atoms with E-state index in [1.165, 1.54) is 18.4 Å². The summed E-state index contributed by atoms with van der Waals surface area (Å²) >= 11 is 0. The number of anilines is 2. The largest absolute Gasteiger partial charge is 0.459 e. The highest BCUT2D eigenvalue weighted by atomic mass is 19.1. The molecule has 4 rings (SSSR count). The molecule has 0 fully saturated rings. The van der Waals surface area contributed by atoms with Gasteiger partial charge in [0, 0.05) is 22.3 Å². The van der Waals surface area contributed by atoms with E-state index < -0.39 is 5.91 Å². The average molecular weight is 363 g/mol. The predicted octanol–water partition coefficient (Wildman–Crippen LogP) is 4.40. The van der Waals surface area contributed by atoms with Gasteiger partial charge in [0.05, 0.1) is 6.26 Å². The smallest absolute Gasteiger partial charge is 0.291 e. The SMILES string of the molecule is O=C(Nc1ccc(NC(=O)c2ccco2)cc1)c1cc2c(F)cccc2[nH]1. The van der Waals surface area contributed by atoms with Gasteiger partial charge in [-0.3, -0.25) is 9.59 Å². The number of fused-ring (bicyclic) bond motifs is 1. The van der Waals surface area contributed by atoms with Gasteiger partial charge in [0.15, 0.2) is 5.76 Å². The van der Waals surface area contributed by atoms with E-state index in [9.17, 15) is 14.0 Å². The Labute approximate surface area is 153 Å². The van der Waals surface area contributed by atoms with Crippen LogP contribution in [0.25, 0.3) is 10.9 Å². The number of nitrogens with one attached hydrogen (secondary N) is 3. The van der Waals surface area contributed by atoms with E-state index in [-0.39, 0.29) is 23.2 Å². The number of rotatable bonds is 4. The van der Waals surface area contributed by atoms with Crippen molar-refractivity contribution in [2.24, 2.45) is 0 Å². The molecule has 0 aliphatic carbocycles. The van der Waals surface area contributed by atoms with Gasteiger partial charge in [-0.15, -0.1) is 0 Å². The number of amides is 2. The standard InChI is InChI=1S/C20H14FN3O3/c21-15-3-1-4-16-14(15)11-17(24-16)19(25)22-12-6-8-13(9-7-12)23-20(26)18-5-2-10-27-18/h1-11,24H,(H,22,25)(H,23,26). The maximum Gasteiger partial charge on any atom is 0.291 e. The molecule has 7 heteroatoms. The molecular formula is C20H14FN3O3. The number of furan rings is 1. The molecule has 0 spiro atoms. The lowest BCUT2D eigenvalue weighted by Crippen LogP contribution is -2.13. The summed E-state index contributed by atoms with van der Waals surface area (Å²) in [6, 6.07) is 15.9. The van der Waals surface area contributed by atoms with Gasteiger partial charge in [-0.2, -0.15) is 0 Å². The zero-order valence-corrected chi connectivity index (χ0v) is 14.0. The van der Waals surface area contributed by atoms with E-state index in [0.717, 1.165) is 0 Å². The molecule has 134 valence electrons. The van der Waals surface area contributed by atoms with Crippen LogP contribution >= 0.6 is 0 Å². The maximum absolute atomic E-state index is 13.7. The molecule has 2 aromatic heterocycles. The summed E-state index contributed by atoms with van der Waals surface area (Å²) in [4.78, 5) is 27.2. The van der Waals surface area contributed by atoms with Crippen LogP contribution in [0.3, 0.4) is 0 Å². The minimum absolute atomic E-state index is 0.207. The Morgan fingerprint density at radius 3 is 2.22 bits per heavy atom. The number of halogens is 1. The molecule has 0 aliphatic rings.